The molecule has 0 amide bonds. The van der Waals surface area contributed by atoms with Crippen molar-refractivity contribution in [3.63, 3.8) is 0 Å². The molecule has 1 aliphatic rings. The molecular weight excluding hydrogens is 208 g/mol. The first-order valence-electron chi connectivity index (χ1n) is 6.79. The van der Waals surface area contributed by atoms with E-state index >= 15 is 0 Å². The predicted molar refractivity (Wildman–Crippen MR) is 74.6 cm³/mol. The maximum absolute atomic E-state index is 5.69. The van der Waals surface area contributed by atoms with Crippen LogP contribution in [-0.2, 0) is 0 Å². The largest absolute Gasteiger partial charge is 0.368 e. The van der Waals surface area contributed by atoms with Gasteiger partial charge in [0.25, 0.3) is 0 Å². The summed E-state index contributed by atoms with van der Waals surface area (Å²) in [4.78, 5) is 2.52. The van der Waals surface area contributed by atoms with Crippen LogP contribution in [0.1, 0.15) is 44.6 Å². The van der Waals surface area contributed by atoms with Gasteiger partial charge in [-0.15, -0.1) is 0 Å². The van der Waals surface area contributed by atoms with Gasteiger partial charge in [-0.1, -0.05) is 26.0 Å². The Hall–Kier alpha value is -1.02. The monoisotopic (exact) mass is 232 g/mol. The molecule has 0 radical (unpaired) electrons. The Morgan fingerprint density at radius 1 is 1.29 bits per heavy atom. The van der Waals surface area contributed by atoms with E-state index in [0.29, 0.717) is 12.0 Å². The van der Waals surface area contributed by atoms with E-state index in [0.717, 1.165) is 13.0 Å². The summed E-state index contributed by atoms with van der Waals surface area (Å²) in [5, 5.41) is 0. The highest BCUT2D eigenvalue weighted by molar-refractivity contribution is 5.49. The van der Waals surface area contributed by atoms with Gasteiger partial charge in [0.2, 0.25) is 0 Å². The lowest BCUT2D eigenvalue weighted by Crippen LogP contribution is -2.30. The van der Waals surface area contributed by atoms with Crippen molar-refractivity contribution >= 4 is 5.69 Å². The molecule has 2 N–H and O–H groups in total. The average Bonchev–Trinajstić information content (AvgIpc) is 2.78. The Labute approximate surface area is 105 Å². The minimum atomic E-state index is 0.613. The van der Waals surface area contributed by atoms with Crippen LogP contribution in [0, 0.1) is 0 Å². The lowest BCUT2D eigenvalue weighted by Gasteiger charge is -2.26. The van der Waals surface area contributed by atoms with Crippen molar-refractivity contribution in [3.05, 3.63) is 29.8 Å². The maximum atomic E-state index is 5.69. The minimum absolute atomic E-state index is 0.613. The zero-order valence-electron chi connectivity index (χ0n) is 11.0. The highest BCUT2D eigenvalue weighted by atomic mass is 15.2. The van der Waals surface area contributed by atoms with E-state index < -0.39 is 0 Å². The lowest BCUT2D eigenvalue weighted by molar-refractivity contribution is 0.618. The Bertz CT molecular complexity index is 342. The van der Waals surface area contributed by atoms with Crippen LogP contribution in [0.4, 0.5) is 5.69 Å². The van der Waals surface area contributed by atoms with Crippen molar-refractivity contribution in [2.24, 2.45) is 5.73 Å². The van der Waals surface area contributed by atoms with Crippen LogP contribution in [0.5, 0.6) is 0 Å². The molecule has 0 aliphatic carbocycles. The molecule has 0 spiro atoms. The number of anilines is 1. The zero-order chi connectivity index (χ0) is 12.3. The first-order chi connectivity index (χ1) is 8.22. The minimum Gasteiger partial charge on any atom is -0.368 e. The number of nitrogens with two attached hydrogens (primary N) is 1. The summed E-state index contributed by atoms with van der Waals surface area (Å²) in [5.74, 6) is 0.613. The van der Waals surface area contributed by atoms with Crippen LogP contribution in [0.25, 0.3) is 0 Å². The smallest absolute Gasteiger partial charge is 0.0368 e. The van der Waals surface area contributed by atoms with E-state index in [1.807, 2.05) is 0 Å². The van der Waals surface area contributed by atoms with Gasteiger partial charge >= 0.3 is 0 Å². The molecule has 2 nitrogen and oxygen atoms in total. The second kappa shape index (κ2) is 5.54. The first kappa shape index (κ1) is 12.4. The van der Waals surface area contributed by atoms with Gasteiger partial charge < -0.3 is 10.6 Å². The molecule has 1 fully saturated rings. The fourth-order valence-corrected chi connectivity index (χ4v) is 2.72. The summed E-state index contributed by atoms with van der Waals surface area (Å²) in [6.45, 7) is 6.46. The SMILES string of the molecule is CC(C)c1ccc(N2CCCC2CCN)cc1. The topological polar surface area (TPSA) is 29.3 Å². The van der Waals surface area contributed by atoms with Crippen LogP contribution in [0.3, 0.4) is 0 Å². The Kier molecular flexibility index (Phi) is 4.06. The van der Waals surface area contributed by atoms with E-state index in [1.54, 1.807) is 0 Å². The average molecular weight is 232 g/mol. The molecule has 94 valence electrons. The van der Waals surface area contributed by atoms with Crippen molar-refractivity contribution < 1.29 is 0 Å². The summed E-state index contributed by atoms with van der Waals surface area (Å²) >= 11 is 0. The van der Waals surface area contributed by atoms with E-state index in [1.165, 1.54) is 30.6 Å². The maximum Gasteiger partial charge on any atom is 0.0368 e. The molecule has 1 aromatic carbocycles. The van der Waals surface area contributed by atoms with Gasteiger partial charge in [0, 0.05) is 18.3 Å². The van der Waals surface area contributed by atoms with Crippen LogP contribution < -0.4 is 10.6 Å². The lowest BCUT2D eigenvalue weighted by atomic mass is 10.0. The van der Waals surface area contributed by atoms with Crippen molar-refractivity contribution in [2.45, 2.75) is 45.1 Å². The third-order valence-electron chi connectivity index (χ3n) is 3.77. The Morgan fingerprint density at radius 2 is 2.00 bits per heavy atom. The van der Waals surface area contributed by atoms with E-state index in [-0.39, 0.29) is 0 Å². The second-order valence-corrected chi connectivity index (χ2v) is 5.31. The molecule has 2 rings (SSSR count). The molecule has 0 aromatic heterocycles. The van der Waals surface area contributed by atoms with Gasteiger partial charge in [-0.2, -0.15) is 0 Å². The molecule has 1 unspecified atom stereocenters. The molecule has 0 saturated carbocycles. The van der Waals surface area contributed by atoms with Crippen LogP contribution in [0.15, 0.2) is 24.3 Å². The summed E-state index contributed by atoms with van der Waals surface area (Å²) < 4.78 is 0. The molecule has 0 bridgehead atoms. The molecule has 1 aliphatic heterocycles. The van der Waals surface area contributed by atoms with Crippen molar-refractivity contribution in [3.8, 4) is 0 Å². The van der Waals surface area contributed by atoms with Crippen LogP contribution in [-0.4, -0.2) is 19.1 Å². The predicted octanol–water partition coefficient (Wildman–Crippen LogP) is 3.13. The summed E-state index contributed by atoms with van der Waals surface area (Å²) in [5.41, 5.74) is 8.47. The van der Waals surface area contributed by atoms with Gasteiger partial charge in [0.1, 0.15) is 0 Å². The fraction of sp³-hybridized carbons (Fsp3) is 0.600. The summed E-state index contributed by atoms with van der Waals surface area (Å²) in [7, 11) is 0. The third kappa shape index (κ3) is 2.81. The summed E-state index contributed by atoms with van der Waals surface area (Å²) in [6, 6.07) is 9.72. The van der Waals surface area contributed by atoms with Crippen molar-refractivity contribution in [1.82, 2.24) is 0 Å². The quantitative estimate of drug-likeness (QED) is 0.864. The van der Waals surface area contributed by atoms with Crippen molar-refractivity contribution in [1.29, 1.82) is 0 Å². The normalized spacial score (nSPS) is 20.2. The highest BCUT2D eigenvalue weighted by Crippen LogP contribution is 2.28. The molecule has 1 saturated heterocycles. The Balaban J connectivity index is 2.10. The number of hydrogen-bond donors (Lipinski definition) is 1. The molecule has 17 heavy (non-hydrogen) atoms. The highest BCUT2D eigenvalue weighted by Gasteiger charge is 2.23. The van der Waals surface area contributed by atoms with E-state index in [9.17, 15) is 0 Å². The number of nitrogens with zero attached hydrogens (tertiary/aromatic N) is 1. The Morgan fingerprint density at radius 3 is 2.59 bits per heavy atom. The van der Waals surface area contributed by atoms with Crippen LogP contribution in [0.2, 0.25) is 0 Å². The number of benzene rings is 1. The molecule has 2 heteroatoms. The zero-order valence-corrected chi connectivity index (χ0v) is 11.0. The van der Waals surface area contributed by atoms with E-state index in [4.69, 9.17) is 5.73 Å². The number of hydrogen-bond acceptors (Lipinski definition) is 2. The number of rotatable bonds is 4. The molecule has 1 aromatic rings. The van der Waals surface area contributed by atoms with Gasteiger partial charge in [0.05, 0.1) is 0 Å². The van der Waals surface area contributed by atoms with Gasteiger partial charge in [-0.3, -0.25) is 0 Å². The third-order valence-corrected chi connectivity index (χ3v) is 3.77. The fourth-order valence-electron chi connectivity index (χ4n) is 2.72. The van der Waals surface area contributed by atoms with Crippen molar-refractivity contribution in [2.75, 3.05) is 18.0 Å². The molecular formula is C15H24N2. The summed E-state index contributed by atoms with van der Waals surface area (Å²) in [6.07, 6.45) is 3.71. The first-order valence-corrected chi connectivity index (χ1v) is 6.79. The molecule has 1 atom stereocenters. The van der Waals surface area contributed by atoms with Gasteiger partial charge in [-0.05, 0) is 49.4 Å². The van der Waals surface area contributed by atoms with Gasteiger partial charge in [-0.25, -0.2) is 0 Å². The van der Waals surface area contributed by atoms with Crippen LogP contribution >= 0.6 is 0 Å². The van der Waals surface area contributed by atoms with Gasteiger partial charge in [0.15, 0.2) is 0 Å². The standard InChI is InChI=1S/C15H24N2/c1-12(2)13-5-7-15(8-6-13)17-11-3-4-14(17)9-10-16/h5-8,12,14H,3-4,9-11,16H2,1-2H3. The molecule has 1 heterocycles. The van der Waals surface area contributed by atoms with E-state index in [2.05, 4.69) is 43.0 Å². The second-order valence-electron chi connectivity index (χ2n) is 5.31.